The normalized spacial score (nSPS) is 11.2. The predicted molar refractivity (Wildman–Crippen MR) is 51.1 cm³/mol. The number of furan rings is 1. The lowest BCUT2D eigenvalue weighted by Crippen LogP contribution is -1.93. The summed E-state index contributed by atoms with van der Waals surface area (Å²) in [6, 6.07) is 3.76. The van der Waals surface area contributed by atoms with Crippen molar-refractivity contribution < 1.29 is 9.15 Å². The highest BCUT2D eigenvalue weighted by atomic mass is 16.5. The summed E-state index contributed by atoms with van der Waals surface area (Å²) in [6.45, 7) is 3.52. The van der Waals surface area contributed by atoms with E-state index in [2.05, 4.69) is 0 Å². The highest BCUT2D eigenvalue weighted by Gasteiger charge is 1.98. The molecule has 0 amide bonds. The molecule has 13 heavy (non-hydrogen) atoms. The summed E-state index contributed by atoms with van der Waals surface area (Å²) in [5.74, 6) is 1.62. The molecule has 2 N–H and O–H groups in total. The third-order valence-electron chi connectivity index (χ3n) is 1.61. The van der Waals surface area contributed by atoms with E-state index in [9.17, 15) is 0 Å². The van der Waals surface area contributed by atoms with Crippen molar-refractivity contribution in [2.45, 2.75) is 20.1 Å². The van der Waals surface area contributed by atoms with Gasteiger partial charge in [-0.15, -0.1) is 0 Å². The molecule has 0 aliphatic carbocycles. The van der Waals surface area contributed by atoms with Crippen LogP contribution < -0.4 is 5.73 Å². The van der Waals surface area contributed by atoms with Crippen molar-refractivity contribution in [1.82, 2.24) is 0 Å². The maximum atomic E-state index is 5.39. The predicted octanol–water partition coefficient (Wildman–Crippen LogP) is 1.83. The number of rotatable bonds is 5. The molecular weight excluding hydrogens is 166 g/mol. The number of nitrogens with two attached hydrogens (primary N) is 1. The molecule has 1 rings (SSSR count). The van der Waals surface area contributed by atoms with Crippen molar-refractivity contribution in [2.75, 3.05) is 6.61 Å². The van der Waals surface area contributed by atoms with E-state index in [-0.39, 0.29) is 0 Å². The quantitative estimate of drug-likeness (QED) is 0.557. The molecule has 0 fully saturated rings. The lowest BCUT2D eigenvalue weighted by molar-refractivity contribution is 0.130. The Morgan fingerprint density at radius 1 is 1.46 bits per heavy atom. The van der Waals surface area contributed by atoms with Gasteiger partial charge in [0.15, 0.2) is 0 Å². The van der Waals surface area contributed by atoms with Crippen LogP contribution in [-0.2, 0) is 17.9 Å². The van der Waals surface area contributed by atoms with Crippen LogP contribution in [0.1, 0.15) is 18.4 Å². The third kappa shape index (κ3) is 3.44. The Morgan fingerprint density at radius 3 is 2.85 bits per heavy atom. The van der Waals surface area contributed by atoms with Gasteiger partial charge < -0.3 is 14.9 Å². The summed E-state index contributed by atoms with van der Waals surface area (Å²) in [5.41, 5.74) is 5.39. The molecule has 0 atom stereocenters. The van der Waals surface area contributed by atoms with Crippen molar-refractivity contribution in [3.05, 3.63) is 35.8 Å². The average molecular weight is 181 g/mol. The molecule has 1 heterocycles. The Kier molecular flexibility index (Phi) is 4.29. The molecule has 0 saturated carbocycles. The first-order chi connectivity index (χ1) is 6.36. The molecule has 0 aromatic carbocycles. The zero-order valence-corrected chi connectivity index (χ0v) is 7.82. The largest absolute Gasteiger partial charge is 0.462 e. The Hall–Kier alpha value is -1.06. The molecular formula is C10H15NO2. The fourth-order valence-electron chi connectivity index (χ4n) is 0.933. The van der Waals surface area contributed by atoms with E-state index < -0.39 is 0 Å². The number of ether oxygens (including phenoxy) is 1. The van der Waals surface area contributed by atoms with E-state index in [1.165, 1.54) is 0 Å². The van der Waals surface area contributed by atoms with Crippen LogP contribution in [0.2, 0.25) is 0 Å². The van der Waals surface area contributed by atoms with Crippen molar-refractivity contribution in [3.8, 4) is 0 Å². The maximum absolute atomic E-state index is 5.39. The number of hydrogen-bond donors (Lipinski definition) is 1. The highest BCUT2D eigenvalue weighted by molar-refractivity contribution is 5.05. The van der Waals surface area contributed by atoms with Gasteiger partial charge in [0.25, 0.3) is 0 Å². The van der Waals surface area contributed by atoms with Gasteiger partial charge >= 0.3 is 0 Å². The van der Waals surface area contributed by atoms with Crippen LogP contribution in [0.3, 0.4) is 0 Å². The second-order valence-electron chi connectivity index (χ2n) is 2.66. The van der Waals surface area contributed by atoms with Crippen molar-refractivity contribution in [2.24, 2.45) is 5.73 Å². The summed E-state index contributed by atoms with van der Waals surface area (Å²) in [5, 5.41) is 0. The molecule has 3 heteroatoms. The molecule has 0 aliphatic heterocycles. The number of hydrogen-bond acceptors (Lipinski definition) is 3. The molecule has 0 unspecified atom stereocenters. The highest BCUT2D eigenvalue weighted by Crippen LogP contribution is 2.07. The summed E-state index contributed by atoms with van der Waals surface area (Å²) < 4.78 is 10.6. The fourth-order valence-corrected chi connectivity index (χ4v) is 0.933. The molecule has 0 aliphatic rings. The summed E-state index contributed by atoms with van der Waals surface area (Å²) in [6.07, 6.45) is 3.90. The van der Waals surface area contributed by atoms with Gasteiger partial charge in [-0.05, 0) is 19.1 Å². The van der Waals surface area contributed by atoms with E-state index in [4.69, 9.17) is 14.9 Å². The molecule has 3 nitrogen and oxygen atoms in total. The van der Waals surface area contributed by atoms with Crippen LogP contribution in [-0.4, -0.2) is 6.61 Å². The zero-order valence-electron chi connectivity index (χ0n) is 7.82. The van der Waals surface area contributed by atoms with Gasteiger partial charge in [-0.25, -0.2) is 0 Å². The molecule has 0 saturated heterocycles. The lowest BCUT2D eigenvalue weighted by Gasteiger charge is -1.96. The van der Waals surface area contributed by atoms with Crippen LogP contribution >= 0.6 is 0 Å². The van der Waals surface area contributed by atoms with Crippen LogP contribution in [0.25, 0.3) is 0 Å². The Balaban J connectivity index is 2.28. The maximum Gasteiger partial charge on any atom is 0.129 e. The van der Waals surface area contributed by atoms with Crippen molar-refractivity contribution >= 4 is 0 Å². The van der Waals surface area contributed by atoms with Gasteiger partial charge in [0, 0.05) is 0 Å². The van der Waals surface area contributed by atoms with Gasteiger partial charge in [0.2, 0.25) is 0 Å². The lowest BCUT2D eigenvalue weighted by atomic mass is 10.4. The smallest absolute Gasteiger partial charge is 0.129 e. The second-order valence-corrected chi connectivity index (χ2v) is 2.66. The molecule has 1 aromatic rings. The first-order valence-corrected chi connectivity index (χ1v) is 4.33. The van der Waals surface area contributed by atoms with Gasteiger partial charge in [0.1, 0.15) is 18.1 Å². The van der Waals surface area contributed by atoms with E-state index in [0.717, 1.165) is 11.5 Å². The van der Waals surface area contributed by atoms with E-state index in [1.54, 1.807) is 0 Å². The molecule has 1 aromatic heterocycles. The molecule has 0 radical (unpaired) electrons. The fraction of sp³-hybridized carbons (Fsp3) is 0.400. The first kappa shape index (κ1) is 10.0. The van der Waals surface area contributed by atoms with E-state index in [1.807, 2.05) is 31.2 Å². The third-order valence-corrected chi connectivity index (χ3v) is 1.61. The van der Waals surface area contributed by atoms with Crippen LogP contribution in [0.5, 0.6) is 0 Å². The van der Waals surface area contributed by atoms with Crippen LogP contribution in [0.4, 0.5) is 0 Å². The summed E-state index contributed by atoms with van der Waals surface area (Å²) in [7, 11) is 0. The Morgan fingerprint density at radius 2 is 2.23 bits per heavy atom. The van der Waals surface area contributed by atoms with E-state index in [0.29, 0.717) is 19.8 Å². The minimum Gasteiger partial charge on any atom is -0.462 e. The Labute approximate surface area is 78.2 Å². The Bertz CT molecular complexity index is 266. The first-order valence-electron chi connectivity index (χ1n) is 4.33. The number of allylic oxidation sites excluding steroid dienone is 1. The SMILES string of the molecule is CC=CCOCc1ccc(CN)o1. The van der Waals surface area contributed by atoms with Crippen LogP contribution in [0, 0.1) is 0 Å². The van der Waals surface area contributed by atoms with Gasteiger partial charge in [-0.1, -0.05) is 12.2 Å². The van der Waals surface area contributed by atoms with Crippen molar-refractivity contribution in [1.29, 1.82) is 0 Å². The minimum atomic E-state index is 0.439. The van der Waals surface area contributed by atoms with E-state index >= 15 is 0 Å². The molecule has 72 valence electrons. The van der Waals surface area contributed by atoms with Crippen LogP contribution in [0.15, 0.2) is 28.7 Å². The van der Waals surface area contributed by atoms with Gasteiger partial charge in [-0.3, -0.25) is 0 Å². The monoisotopic (exact) mass is 181 g/mol. The molecule has 0 bridgehead atoms. The molecule has 0 spiro atoms. The van der Waals surface area contributed by atoms with Gasteiger partial charge in [0.05, 0.1) is 13.2 Å². The zero-order chi connectivity index (χ0) is 9.52. The van der Waals surface area contributed by atoms with Gasteiger partial charge in [-0.2, -0.15) is 0 Å². The van der Waals surface area contributed by atoms with Crippen molar-refractivity contribution in [3.63, 3.8) is 0 Å². The standard InChI is InChI=1S/C10H15NO2/c1-2-3-6-12-8-10-5-4-9(7-11)13-10/h2-5H,6-8,11H2,1H3. The second kappa shape index (κ2) is 5.56. The summed E-state index contributed by atoms with van der Waals surface area (Å²) >= 11 is 0. The average Bonchev–Trinajstić information content (AvgIpc) is 2.60. The topological polar surface area (TPSA) is 48.4 Å². The summed E-state index contributed by atoms with van der Waals surface area (Å²) in [4.78, 5) is 0. The minimum absolute atomic E-state index is 0.439.